The van der Waals surface area contributed by atoms with Gasteiger partial charge in [0.25, 0.3) is 0 Å². The highest BCUT2D eigenvalue weighted by Gasteiger charge is 2.34. The molecule has 10 nitrogen and oxygen atoms in total. The van der Waals surface area contributed by atoms with Gasteiger partial charge in [0.05, 0.1) is 10.6 Å². The number of nitrogens with zero attached hydrogens (tertiary/aromatic N) is 7. The highest BCUT2D eigenvalue weighted by Crippen LogP contribution is 2.32. The molecule has 0 saturated heterocycles. The van der Waals surface area contributed by atoms with Gasteiger partial charge in [-0.2, -0.15) is 13.2 Å². The number of urea groups is 1. The fraction of sp³-hybridized carbons (Fsp3) is 0.389. The van der Waals surface area contributed by atoms with Crippen LogP contribution in [0.5, 0.6) is 0 Å². The van der Waals surface area contributed by atoms with Crippen molar-refractivity contribution in [3.05, 3.63) is 23.9 Å². The Morgan fingerprint density at radius 1 is 1.12 bits per heavy atom. The molecule has 14 heteroatoms. The molecule has 32 heavy (non-hydrogen) atoms. The maximum Gasteiger partial charge on any atom is 0.435 e. The highest BCUT2D eigenvalue weighted by molar-refractivity contribution is 7.91. The van der Waals surface area contributed by atoms with Crippen LogP contribution in [0.25, 0.3) is 22.7 Å². The summed E-state index contributed by atoms with van der Waals surface area (Å²) in [6.07, 6.45) is -4.72. The Morgan fingerprint density at radius 3 is 2.34 bits per heavy atom. The molecule has 0 N–H and O–H groups in total. The quantitative estimate of drug-likeness (QED) is 0.574. The van der Waals surface area contributed by atoms with Gasteiger partial charge in [0.1, 0.15) is 17.0 Å². The van der Waals surface area contributed by atoms with Crippen LogP contribution in [0.3, 0.4) is 0 Å². The number of aryl methyl sites for hydroxylation is 1. The standard InChI is InChI=1S/C18H20F3N7O3S/c1-6-32(30,31)11-7-8-13(27(4)17(29)26(2)3)23-14(11)16-22-10-9-12(18(19,20)21)24-25-15(10)28(16)5/h7-9H,6H2,1-5H3. The van der Waals surface area contributed by atoms with Crippen molar-refractivity contribution in [1.82, 2.24) is 29.6 Å². The van der Waals surface area contributed by atoms with E-state index in [4.69, 9.17) is 0 Å². The molecule has 0 saturated carbocycles. The Kier molecular flexibility index (Phi) is 5.84. The summed E-state index contributed by atoms with van der Waals surface area (Å²) < 4.78 is 65.8. The number of hydrogen-bond acceptors (Lipinski definition) is 7. The van der Waals surface area contributed by atoms with Crippen LogP contribution < -0.4 is 4.90 Å². The average Bonchev–Trinajstić information content (AvgIpc) is 3.07. The van der Waals surface area contributed by atoms with Gasteiger partial charge in [-0.25, -0.2) is 23.2 Å². The summed E-state index contributed by atoms with van der Waals surface area (Å²) in [5, 5.41) is 6.79. The molecule has 0 aliphatic carbocycles. The molecule has 0 aliphatic rings. The summed E-state index contributed by atoms with van der Waals surface area (Å²) in [5.41, 5.74) is -1.46. The van der Waals surface area contributed by atoms with Gasteiger partial charge in [-0.1, -0.05) is 6.92 Å². The Hall–Kier alpha value is -3.29. The molecule has 3 aromatic heterocycles. The van der Waals surface area contributed by atoms with Gasteiger partial charge in [-0.15, -0.1) is 10.2 Å². The topological polar surface area (TPSA) is 114 Å². The molecule has 0 radical (unpaired) electrons. The predicted octanol–water partition coefficient (Wildman–Crippen LogP) is 2.36. The Labute approximate surface area is 181 Å². The minimum Gasteiger partial charge on any atom is -0.330 e. The highest BCUT2D eigenvalue weighted by atomic mass is 32.2. The summed E-state index contributed by atoms with van der Waals surface area (Å²) in [6, 6.07) is 2.98. The van der Waals surface area contributed by atoms with Crippen LogP contribution >= 0.6 is 0 Å². The number of imidazole rings is 1. The molecule has 0 aromatic carbocycles. The maximum absolute atomic E-state index is 13.0. The van der Waals surface area contributed by atoms with Gasteiger partial charge in [-0.05, 0) is 12.1 Å². The van der Waals surface area contributed by atoms with Gasteiger partial charge in [0.2, 0.25) is 0 Å². The summed E-state index contributed by atoms with van der Waals surface area (Å²) in [4.78, 5) is 23.2. The SMILES string of the molecule is CCS(=O)(=O)c1ccc(N(C)C(=O)N(C)C)nc1-c1nc2cc(C(F)(F)F)nnc2n1C. The third-order valence-electron chi connectivity index (χ3n) is 4.69. The Bertz CT molecular complexity index is 1300. The third-order valence-corrected chi connectivity index (χ3v) is 6.45. The number of amides is 2. The predicted molar refractivity (Wildman–Crippen MR) is 110 cm³/mol. The number of hydrogen-bond donors (Lipinski definition) is 0. The Morgan fingerprint density at radius 2 is 1.78 bits per heavy atom. The van der Waals surface area contributed by atoms with E-state index in [0.717, 1.165) is 6.07 Å². The van der Waals surface area contributed by atoms with E-state index in [-0.39, 0.29) is 39.1 Å². The second-order valence-corrected chi connectivity index (χ2v) is 9.33. The number of carbonyl (C=O) groups excluding carboxylic acids is 1. The van der Waals surface area contributed by atoms with E-state index in [2.05, 4.69) is 20.2 Å². The van der Waals surface area contributed by atoms with E-state index >= 15 is 0 Å². The van der Waals surface area contributed by atoms with Gasteiger partial charge >= 0.3 is 12.2 Å². The van der Waals surface area contributed by atoms with Gasteiger partial charge in [-0.3, -0.25) is 4.90 Å². The fourth-order valence-corrected chi connectivity index (χ4v) is 3.94. The number of alkyl halides is 3. The molecule has 2 amide bonds. The van der Waals surface area contributed by atoms with Crippen molar-refractivity contribution in [3.8, 4) is 11.5 Å². The van der Waals surface area contributed by atoms with Crippen LogP contribution in [0.1, 0.15) is 12.6 Å². The van der Waals surface area contributed by atoms with Crippen LogP contribution in [0.15, 0.2) is 23.1 Å². The van der Waals surface area contributed by atoms with Crippen LogP contribution in [-0.4, -0.2) is 71.0 Å². The summed E-state index contributed by atoms with van der Waals surface area (Å²) in [6.45, 7) is 1.45. The molecule has 3 aromatic rings. The van der Waals surface area contributed by atoms with Crippen molar-refractivity contribution in [2.75, 3.05) is 31.8 Å². The molecule has 3 heterocycles. The maximum atomic E-state index is 13.0. The number of anilines is 1. The number of carbonyl (C=O) groups is 1. The van der Waals surface area contributed by atoms with Crippen LogP contribution in [0.2, 0.25) is 0 Å². The van der Waals surface area contributed by atoms with Crippen LogP contribution in [-0.2, 0) is 23.1 Å². The van der Waals surface area contributed by atoms with Gasteiger partial charge < -0.3 is 9.47 Å². The minimum atomic E-state index is -4.72. The van der Waals surface area contributed by atoms with Crippen molar-refractivity contribution in [2.45, 2.75) is 18.0 Å². The van der Waals surface area contributed by atoms with Crippen molar-refractivity contribution < 1.29 is 26.4 Å². The average molecular weight is 471 g/mol. The lowest BCUT2D eigenvalue weighted by Gasteiger charge is -2.22. The van der Waals surface area contributed by atoms with E-state index in [1.165, 1.54) is 61.6 Å². The lowest BCUT2D eigenvalue weighted by atomic mass is 10.3. The zero-order chi connectivity index (χ0) is 24.0. The summed E-state index contributed by atoms with van der Waals surface area (Å²) in [7, 11) is 2.21. The number of halogens is 3. The molecular weight excluding hydrogens is 451 g/mol. The minimum absolute atomic E-state index is 0.0118. The second kappa shape index (κ2) is 8.00. The van der Waals surface area contributed by atoms with Crippen molar-refractivity contribution in [3.63, 3.8) is 0 Å². The summed E-state index contributed by atoms with van der Waals surface area (Å²) in [5.74, 6) is -0.147. The number of pyridine rings is 1. The third kappa shape index (κ3) is 4.09. The summed E-state index contributed by atoms with van der Waals surface area (Å²) >= 11 is 0. The van der Waals surface area contributed by atoms with Crippen molar-refractivity contribution in [1.29, 1.82) is 0 Å². The van der Waals surface area contributed by atoms with Crippen molar-refractivity contribution in [2.24, 2.45) is 7.05 Å². The lowest BCUT2D eigenvalue weighted by molar-refractivity contribution is -0.141. The molecule has 172 valence electrons. The van der Waals surface area contributed by atoms with Crippen LogP contribution in [0, 0.1) is 0 Å². The first-order valence-corrected chi connectivity index (χ1v) is 10.9. The first-order chi connectivity index (χ1) is 14.8. The molecule has 0 spiro atoms. The molecule has 0 fully saturated rings. The number of sulfone groups is 1. The first kappa shape index (κ1) is 23.4. The Balaban J connectivity index is 2.29. The molecule has 0 aliphatic heterocycles. The number of aromatic nitrogens is 5. The van der Waals surface area contributed by atoms with Gasteiger partial charge in [0.15, 0.2) is 27.0 Å². The molecule has 3 rings (SSSR count). The fourth-order valence-electron chi connectivity index (χ4n) is 2.92. The van der Waals surface area contributed by atoms with E-state index in [1.807, 2.05) is 0 Å². The zero-order valence-electron chi connectivity index (χ0n) is 17.8. The van der Waals surface area contributed by atoms with E-state index in [0.29, 0.717) is 0 Å². The lowest BCUT2D eigenvalue weighted by Crippen LogP contribution is -2.36. The largest absolute Gasteiger partial charge is 0.435 e. The zero-order valence-corrected chi connectivity index (χ0v) is 18.7. The monoisotopic (exact) mass is 471 g/mol. The number of fused-ring (bicyclic) bond motifs is 1. The number of rotatable bonds is 4. The van der Waals surface area contributed by atoms with Crippen molar-refractivity contribution >= 4 is 32.9 Å². The normalized spacial score (nSPS) is 12.2. The molecule has 0 atom stereocenters. The second-order valence-electron chi connectivity index (χ2n) is 7.09. The van der Waals surface area contributed by atoms with E-state index in [9.17, 15) is 26.4 Å². The van der Waals surface area contributed by atoms with E-state index in [1.54, 1.807) is 0 Å². The van der Waals surface area contributed by atoms with E-state index < -0.39 is 27.7 Å². The molecular formula is C18H20F3N7O3S. The smallest absolute Gasteiger partial charge is 0.330 e. The van der Waals surface area contributed by atoms with Crippen LogP contribution in [0.4, 0.5) is 23.8 Å². The molecule has 0 bridgehead atoms. The first-order valence-electron chi connectivity index (χ1n) is 9.24. The van der Waals surface area contributed by atoms with Gasteiger partial charge in [0, 0.05) is 34.3 Å². The molecule has 0 unspecified atom stereocenters.